The van der Waals surface area contributed by atoms with Gasteiger partial charge in [-0.2, -0.15) is 4.98 Å². The van der Waals surface area contributed by atoms with E-state index in [-0.39, 0.29) is 23.4 Å². The Morgan fingerprint density at radius 3 is 2.75 bits per heavy atom. The standard InChI is InChI=1S/C28H34FN3O4/c1-25-8-10-27(29)13-17-22(33)23(34)19(32(2)3)14-26(17)9-11-28(27,36-26)21(25)7-5-16(25)15-4-6-18-20(12-15)35-24(30)31-18/h4-6,12-13,19,21-23,33-34H,7-11,14H2,1-3H3,(H2,30,31). The molecule has 7 nitrogen and oxygen atoms in total. The van der Waals surface area contributed by atoms with Gasteiger partial charge in [0.25, 0.3) is 6.01 Å². The number of hydrogen-bond donors (Lipinski definition) is 3. The molecule has 3 aliphatic carbocycles. The Morgan fingerprint density at radius 2 is 1.97 bits per heavy atom. The molecule has 7 rings (SSSR count). The van der Waals surface area contributed by atoms with Crippen LogP contribution in [0.1, 0.15) is 51.0 Å². The lowest BCUT2D eigenvalue weighted by molar-refractivity contribution is -0.239. The molecule has 2 spiro atoms. The third-order valence-electron chi connectivity index (χ3n) is 10.4. The van der Waals surface area contributed by atoms with E-state index in [4.69, 9.17) is 14.9 Å². The van der Waals surface area contributed by atoms with Gasteiger partial charge in [0, 0.05) is 12.0 Å². The normalized spacial score (nSPS) is 45.3. The highest BCUT2D eigenvalue weighted by Gasteiger charge is 2.74. The van der Waals surface area contributed by atoms with E-state index in [1.54, 1.807) is 6.08 Å². The maximum absolute atomic E-state index is 17.1. The van der Waals surface area contributed by atoms with Gasteiger partial charge in [-0.1, -0.05) is 19.1 Å². The summed E-state index contributed by atoms with van der Waals surface area (Å²) in [6.45, 7) is 2.25. The molecule has 36 heavy (non-hydrogen) atoms. The van der Waals surface area contributed by atoms with Crippen molar-refractivity contribution in [3.8, 4) is 0 Å². The average molecular weight is 496 g/mol. The first-order valence-electron chi connectivity index (χ1n) is 13.0. The molecule has 8 atom stereocenters. The molecule has 0 amide bonds. The maximum atomic E-state index is 17.1. The number of benzene rings is 1. The summed E-state index contributed by atoms with van der Waals surface area (Å²) in [4.78, 5) is 6.16. The van der Waals surface area contributed by atoms with Crippen LogP contribution >= 0.6 is 0 Å². The fourth-order valence-corrected chi connectivity index (χ4v) is 8.54. The summed E-state index contributed by atoms with van der Waals surface area (Å²) >= 11 is 0. The van der Waals surface area contributed by atoms with Crippen LogP contribution in [0.3, 0.4) is 0 Å². The lowest BCUT2D eigenvalue weighted by Gasteiger charge is -2.60. The Balaban J connectivity index is 1.30. The van der Waals surface area contributed by atoms with E-state index in [0.29, 0.717) is 43.3 Å². The number of fused-ring (bicyclic) bond motifs is 2. The van der Waals surface area contributed by atoms with Crippen molar-refractivity contribution in [2.45, 2.75) is 80.6 Å². The minimum absolute atomic E-state index is 0.0341. The van der Waals surface area contributed by atoms with Crippen molar-refractivity contribution < 1.29 is 23.8 Å². The van der Waals surface area contributed by atoms with Crippen LogP contribution in [0.5, 0.6) is 0 Å². The van der Waals surface area contributed by atoms with Gasteiger partial charge in [-0.3, -0.25) is 0 Å². The van der Waals surface area contributed by atoms with Crippen LogP contribution in [-0.2, 0) is 4.74 Å². The predicted molar refractivity (Wildman–Crippen MR) is 134 cm³/mol. The number of likely N-dealkylation sites (N-methyl/N-ethyl adjacent to an activating group) is 1. The SMILES string of the molecule is CN(C)C1CC23CCC4(O2)C2CC=C(c5ccc6nc(N)oc6c5)C2(C)CCC4(F)C=C3C(O)C1O. The fourth-order valence-electron chi connectivity index (χ4n) is 8.54. The van der Waals surface area contributed by atoms with E-state index in [0.717, 1.165) is 17.5 Å². The molecule has 8 unspecified atom stereocenters. The maximum Gasteiger partial charge on any atom is 0.292 e. The molecule has 2 saturated carbocycles. The van der Waals surface area contributed by atoms with Gasteiger partial charge in [0.2, 0.25) is 0 Å². The summed E-state index contributed by atoms with van der Waals surface area (Å²) in [5, 5.41) is 21.9. The smallest absolute Gasteiger partial charge is 0.292 e. The average Bonchev–Trinajstić information content (AvgIpc) is 3.49. The van der Waals surface area contributed by atoms with Crippen molar-refractivity contribution in [3.05, 3.63) is 41.5 Å². The van der Waals surface area contributed by atoms with Crippen molar-refractivity contribution in [2.75, 3.05) is 19.8 Å². The predicted octanol–water partition coefficient (Wildman–Crippen LogP) is 3.61. The number of aliphatic hydroxyl groups excluding tert-OH is 2. The van der Waals surface area contributed by atoms with Crippen molar-refractivity contribution >= 4 is 22.7 Å². The Hall–Kier alpha value is -2.26. The molecule has 1 saturated heterocycles. The third-order valence-corrected chi connectivity index (χ3v) is 10.4. The first kappa shape index (κ1) is 22.9. The minimum Gasteiger partial charge on any atom is -0.424 e. The Labute approximate surface area is 209 Å². The van der Waals surface area contributed by atoms with Gasteiger partial charge < -0.3 is 30.0 Å². The van der Waals surface area contributed by atoms with Crippen LogP contribution in [0.2, 0.25) is 0 Å². The Bertz CT molecular complexity index is 1340. The van der Waals surface area contributed by atoms with E-state index < -0.39 is 29.1 Å². The molecule has 5 aliphatic rings. The summed E-state index contributed by atoms with van der Waals surface area (Å²) in [7, 11) is 3.81. The molecule has 3 heterocycles. The number of allylic oxidation sites excluding steroid dienone is 2. The van der Waals surface area contributed by atoms with E-state index in [9.17, 15) is 10.2 Å². The van der Waals surface area contributed by atoms with Crippen molar-refractivity contribution in [1.82, 2.24) is 9.88 Å². The van der Waals surface area contributed by atoms with Gasteiger partial charge in [-0.15, -0.1) is 0 Å². The molecule has 2 aromatic rings. The second kappa shape index (κ2) is 6.98. The highest BCUT2D eigenvalue weighted by Crippen LogP contribution is 2.71. The van der Waals surface area contributed by atoms with Crippen LogP contribution in [0.25, 0.3) is 16.7 Å². The van der Waals surface area contributed by atoms with Crippen molar-refractivity contribution in [1.29, 1.82) is 0 Å². The number of oxazole rings is 1. The number of nitrogens with zero attached hydrogens (tertiary/aromatic N) is 2. The third kappa shape index (κ3) is 2.63. The summed E-state index contributed by atoms with van der Waals surface area (Å²) in [5.74, 6) is -0.0341. The number of aromatic nitrogens is 1. The number of halogens is 1. The monoisotopic (exact) mass is 495 g/mol. The number of nitrogen functional groups attached to an aromatic ring is 1. The number of ether oxygens (including phenoxy) is 1. The van der Waals surface area contributed by atoms with E-state index in [1.165, 1.54) is 5.57 Å². The van der Waals surface area contributed by atoms with E-state index in [1.807, 2.05) is 31.1 Å². The van der Waals surface area contributed by atoms with Gasteiger partial charge in [0.05, 0.1) is 11.7 Å². The first-order valence-corrected chi connectivity index (χ1v) is 13.0. The van der Waals surface area contributed by atoms with Gasteiger partial charge in [-0.25, -0.2) is 4.39 Å². The Kier molecular flexibility index (Phi) is 4.44. The van der Waals surface area contributed by atoms with Crippen molar-refractivity contribution in [3.63, 3.8) is 0 Å². The first-order chi connectivity index (χ1) is 17.0. The highest BCUT2D eigenvalue weighted by molar-refractivity contribution is 5.82. The van der Waals surface area contributed by atoms with Gasteiger partial charge in [-0.05, 0) is 93.0 Å². The summed E-state index contributed by atoms with van der Waals surface area (Å²) in [6.07, 6.45) is 5.35. The van der Waals surface area contributed by atoms with Crippen molar-refractivity contribution in [2.24, 2.45) is 11.3 Å². The molecule has 4 N–H and O–H groups in total. The molecule has 0 radical (unpaired) electrons. The molecule has 192 valence electrons. The van der Waals surface area contributed by atoms with Crippen LogP contribution in [0.15, 0.2) is 40.3 Å². The second-order valence-corrected chi connectivity index (χ2v) is 12.2. The molecule has 2 aliphatic heterocycles. The van der Waals surface area contributed by atoms with Gasteiger partial charge in [0.1, 0.15) is 17.2 Å². The number of rotatable bonds is 2. The zero-order valence-electron chi connectivity index (χ0n) is 21.0. The molecule has 2 bridgehead atoms. The van der Waals surface area contributed by atoms with Gasteiger partial charge >= 0.3 is 0 Å². The molecule has 1 aromatic heterocycles. The highest BCUT2D eigenvalue weighted by atomic mass is 19.1. The number of hydrogen-bond acceptors (Lipinski definition) is 7. The summed E-state index contributed by atoms with van der Waals surface area (Å²) in [6, 6.07) is 5.86. The van der Waals surface area contributed by atoms with E-state index in [2.05, 4.69) is 24.1 Å². The summed E-state index contributed by atoms with van der Waals surface area (Å²) < 4.78 is 29.7. The molecule has 3 fully saturated rings. The fraction of sp³-hybridized carbons (Fsp3) is 0.607. The lowest BCUT2D eigenvalue weighted by Crippen LogP contribution is -2.68. The molecule has 8 heteroatoms. The quantitative estimate of drug-likeness (QED) is 0.547. The van der Waals surface area contributed by atoms with Crippen LogP contribution in [-0.4, -0.2) is 69.3 Å². The zero-order chi connectivity index (χ0) is 25.3. The molecular weight excluding hydrogens is 461 g/mol. The van der Waals surface area contributed by atoms with Gasteiger partial charge in [0.15, 0.2) is 11.3 Å². The Morgan fingerprint density at radius 1 is 1.17 bits per heavy atom. The second-order valence-electron chi connectivity index (χ2n) is 12.2. The number of alkyl halides is 1. The van der Waals surface area contributed by atoms with Crippen LogP contribution in [0.4, 0.5) is 10.4 Å². The number of nitrogens with two attached hydrogens (primary N) is 1. The molecule has 1 aromatic carbocycles. The minimum atomic E-state index is -1.68. The lowest BCUT2D eigenvalue weighted by atomic mass is 9.53. The summed E-state index contributed by atoms with van der Waals surface area (Å²) in [5.41, 5.74) is 6.30. The van der Waals surface area contributed by atoms with Crippen LogP contribution in [0, 0.1) is 11.3 Å². The number of anilines is 1. The molecular formula is C28H34FN3O4. The zero-order valence-corrected chi connectivity index (χ0v) is 21.0. The largest absolute Gasteiger partial charge is 0.424 e. The number of aliphatic hydroxyl groups is 2. The van der Waals surface area contributed by atoms with Crippen LogP contribution < -0.4 is 5.73 Å². The topological polar surface area (TPSA) is 105 Å². The van der Waals surface area contributed by atoms with E-state index >= 15 is 4.39 Å².